The van der Waals surface area contributed by atoms with E-state index in [9.17, 15) is 4.79 Å². The summed E-state index contributed by atoms with van der Waals surface area (Å²) in [5.41, 5.74) is 3.44. The van der Waals surface area contributed by atoms with Gasteiger partial charge in [0.15, 0.2) is 0 Å². The molecule has 2 aromatic carbocycles. The van der Waals surface area contributed by atoms with Crippen LogP contribution in [0.3, 0.4) is 0 Å². The average Bonchev–Trinajstić information content (AvgIpc) is 2.49. The van der Waals surface area contributed by atoms with Crippen molar-refractivity contribution in [1.82, 2.24) is 0 Å². The number of rotatable bonds is 4. The summed E-state index contributed by atoms with van der Waals surface area (Å²) < 4.78 is 6.09. The number of carbonyl (C=O) groups is 1. The molecule has 2 aromatic rings. The molecule has 0 bridgehead atoms. The number of carboxylic acid groups (broad SMARTS) is 1. The number of carboxylic acids is 1. The van der Waals surface area contributed by atoms with Crippen molar-refractivity contribution in [2.75, 3.05) is 0 Å². The SMILES string of the molecule is O=C(O)Cc1ccc(OC2CCCc3ccccc32)cc1. The van der Waals surface area contributed by atoms with Crippen molar-refractivity contribution in [3.8, 4) is 5.75 Å². The molecule has 1 aliphatic rings. The van der Waals surface area contributed by atoms with Gasteiger partial charge in [0.2, 0.25) is 0 Å². The Morgan fingerprint density at radius 2 is 1.90 bits per heavy atom. The summed E-state index contributed by atoms with van der Waals surface area (Å²) in [5, 5.41) is 8.78. The van der Waals surface area contributed by atoms with Crippen molar-refractivity contribution < 1.29 is 14.6 Å². The maximum Gasteiger partial charge on any atom is 0.307 e. The lowest BCUT2D eigenvalue weighted by molar-refractivity contribution is -0.136. The first kappa shape index (κ1) is 13.7. The topological polar surface area (TPSA) is 46.5 Å². The second kappa shape index (κ2) is 6.00. The van der Waals surface area contributed by atoms with Gasteiger partial charge in [-0.05, 0) is 48.1 Å². The predicted molar refractivity (Wildman–Crippen MR) is 80.5 cm³/mol. The second-order valence-corrected chi connectivity index (χ2v) is 5.41. The fraction of sp³-hybridized carbons (Fsp3) is 0.278. The molecule has 0 saturated heterocycles. The lowest BCUT2D eigenvalue weighted by atomic mass is 9.89. The molecule has 1 atom stereocenters. The van der Waals surface area contributed by atoms with Gasteiger partial charge in [-0.15, -0.1) is 0 Å². The molecule has 1 aliphatic carbocycles. The molecule has 0 radical (unpaired) electrons. The molecule has 108 valence electrons. The minimum atomic E-state index is -0.815. The molecule has 3 rings (SSSR count). The zero-order valence-corrected chi connectivity index (χ0v) is 11.8. The van der Waals surface area contributed by atoms with Crippen molar-refractivity contribution in [2.24, 2.45) is 0 Å². The maximum absolute atomic E-state index is 10.7. The molecule has 1 unspecified atom stereocenters. The predicted octanol–water partition coefficient (Wildman–Crippen LogP) is 3.77. The van der Waals surface area contributed by atoms with Gasteiger partial charge in [-0.1, -0.05) is 36.4 Å². The van der Waals surface area contributed by atoms with E-state index in [1.165, 1.54) is 11.1 Å². The summed E-state index contributed by atoms with van der Waals surface area (Å²) >= 11 is 0. The molecule has 0 spiro atoms. The standard InChI is InChI=1S/C18H18O3/c19-18(20)12-13-8-10-15(11-9-13)21-17-7-3-5-14-4-1-2-6-16(14)17/h1-2,4,6,8-11,17H,3,5,7,12H2,(H,19,20). The van der Waals surface area contributed by atoms with Crippen molar-refractivity contribution in [1.29, 1.82) is 0 Å². The molecule has 0 amide bonds. The first-order valence-corrected chi connectivity index (χ1v) is 7.27. The highest BCUT2D eigenvalue weighted by Crippen LogP contribution is 2.33. The van der Waals surface area contributed by atoms with Gasteiger partial charge in [-0.3, -0.25) is 4.79 Å². The Balaban J connectivity index is 1.74. The van der Waals surface area contributed by atoms with Crippen molar-refractivity contribution in [2.45, 2.75) is 31.8 Å². The summed E-state index contributed by atoms with van der Waals surface area (Å²) in [6.07, 6.45) is 3.42. The van der Waals surface area contributed by atoms with E-state index in [0.717, 1.165) is 30.6 Å². The summed E-state index contributed by atoms with van der Waals surface area (Å²) in [4.78, 5) is 10.7. The highest BCUT2D eigenvalue weighted by molar-refractivity contribution is 5.70. The van der Waals surface area contributed by atoms with Gasteiger partial charge < -0.3 is 9.84 Å². The number of benzene rings is 2. The van der Waals surface area contributed by atoms with E-state index >= 15 is 0 Å². The molecule has 0 saturated carbocycles. The van der Waals surface area contributed by atoms with Crippen LogP contribution in [0.4, 0.5) is 0 Å². The normalized spacial score (nSPS) is 17.0. The van der Waals surface area contributed by atoms with Gasteiger partial charge in [0.1, 0.15) is 11.9 Å². The van der Waals surface area contributed by atoms with E-state index in [4.69, 9.17) is 9.84 Å². The first-order valence-electron chi connectivity index (χ1n) is 7.27. The molecule has 0 aliphatic heterocycles. The van der Waals surface area contributed by atoms with Crippen LogP contribution in [0.5, 0.6) is 5.75 Å². The minimum absolute atomic E-state index is 0.0482. The Bertz CT molecular complexity index is 631. The van der Waals surface area contributed by atoms with E-state index in [0.29, 0.717) is 0 Å². The minimum Gasteiger partial charge on any atom is -0.486 e. The van der Waals surface area contributed by atoms with Crippen molar-refractivity contribution >= 4 is 5.97 Å². The Labute approximate surface area is 124 Å². The Morgan fingerprint density at radius 3 is 2.67 bits per heavy atom. The van der Waals surface area contributed by atoms with Crippen LogP contribution in [-0.2, 0) is 17.6 Å². The molecular weight excluding hydrogens is 264 g/mol. The summed E-state index contributed by atoms with van der Waals surface area (Å²) in [5.74, 6) is -0.0179. The highest BCUT2D eigenvalue weighted by Gasteiger charge is 2.21. The summed E-state index contributed by atoms with van der Waals surface area (Å²) in [6.45, 7) is 0. The zero-order valence-electron chi connectivity index (χ0n) is 11.8. The van der Waals surface area contributed by atoms with Crippen LogP contribution in [0.15, 0.2) is 48.5 Å². The van der Waals surface area contributed by atoms with Gasteiger partial charge >= 0.3 is 5.97 Å². The first-order chi connectivity index (χ1) is 10.2. The monoisotopic (exact) mass is 282 g/mol. The zero-order chi connectivity index (χ0) is 14.7. The largest absolute Gasteiger partial charge is 0.486 e. The molecular formula is C18H18O3. The number of hydrogen-bond donors (Lipinski definition) is 1. The van der Waals surface area contributed by atoms with Crippen LogP contribution in [0.1, 0.15) is 35.6 Å². The van der Waals surface area contributed by atoms with Crippen LogP contribution < -0.4 is 4.74 Å². The Hall–Kier alpha value is -2.29. The average molecular weight is 282 g/mol. The molecule has 1 N–H and O–H groups in total. The van der Waals surface area contributed by atoms with Crippen molar-refractivity contribution in [3.05, 3.63) is 65.2 Å². The van der Waals surface area contributed by atoms with Crippen LogP contribution in [0.25, 0.3) is 0 Å². The molecule has 3 nitrogen and oxygen atoms in total. The number of aliphatic carboxylic acids is 1. The van der Waals surface area contributed by atoms with Gasteiger partial charge in [-0.2, -0.15) is 0 Å². The fourth-order valence-electron chi connectivity index (χ4n) is 2.86. The molecule has 3 heteroatoms. The lowest BCUT2D eigenvalue weighted by Gasteiger charge is -2.26. The van der Waals surface area contributed by atoms with Crippen LogP contribution in [-0.4, -0.2) is 11.1 Å². The van der Waals surface area contributed by atoms with Crippen LogP contribution >= 0.6 is 0 Å². The van der Waals surface area contributed by atoms with E-state index in [-0.39, 0.29) is 12.5 Å². The smallest absolute Gasteiger partial charge is 0.307 e. The number of hydrogen-bond acceptors (Lipinski definition) is 2. The van der Waals surface area contributed by atoms with Gasteiger partial charge in [0.05, 0.1) is 6.42 Å². The highest BCUT2D eigenvalue weighted by atomic mass is 16.5. The summed E-state index contributed by atoms with van der Waals surface area (Å²) in [7, 11) is 0. The third-order valence-electron chi connectivity index (χ3n) is 3.87. The van der Waals surface area contributed by atoms with E-state index in [1.54, 1.807) is 0 Å². The van der Waals surface area contributed by atoms with E-state index in [2.05, 4.69) is 24.3 Å². The second-order valence-electron chi connectivity index (χ2n) is 5.41. The van der Waals surface area contributed by atoms with Gasteiger partial charge in [0.25, 0.3) is 0 Å². The Kier molecular flexibility index (Phi) is 3.91. The lowest BCUT2D eigenvalue weighted by Crippen LogP contribution is -2.15. The maximum atomic E-state index is 10.7. The van der Waals surface area contributed by atoms with Crippen LogP contribution in [0, 0.1) is 0 Å². The summed E-state index contributed by atoms with van der Waals surface area (Å²) in [6, 6.07) is 15.8. The van der Waals surface area contributed by atoms with E-state index < -0.39 is 5.97 Å². The van der Waals surface area contributed by atoms with Crippen molar-refractivity contribution in [3.63, 3.8) is 0 Å². The fourth-order valence-corrected chi connectivity index (χ4v) is 2.86. The number of fused-ring (bicyclic) bond motifs is 1. The third-order valence-corrected chi connectivity index (χ3v) is 3.87. The van der Waals surface area contributed by atoms with Gasteiger partial charge in [-0.25, -0.2) is 0 Å². The number of ether oxygens (including phenoxy) is 1. The number of aryl methyl sites for hydroxylation is 1. The molecule has 0 heterocycles. The van der Waals surface area contributed by atoms with E-state index in [1.807, 2.05) is 24.3 Å². The molecule has 21 heavy (non-hydrogen) atoms. The van der Waals surface area contributed by atoms with Crippen LogP contribution in [0.2, 0.25) is 0 Å². The third kappa shape index (κ3) is 3.24. The molecule has 0 aromatic heterocycles. The van der Waals surface area contributed by atoms with Gasteiger partial charge in [0, 0.05) is 0 Å². The molecule has 0 fully saturated rings. The Morgan fingerprint density at radius 1 is 1.14 bits per heavy atom. The quantitative estimate of drug-likeness (QED) is 0.928.